The van der Waals surface area contributed by atoms with E-state index in [2.05, 4.69) is 16.5 Å². The number of carbonyl (C=O) groups is 1. The van der Waals surface area contributed by atoms with Crippen molar-refractivity contribution in [3.05, 3.63) is 40.5 Å². The zero-order valence-corrected chi connectivity index (χ0v) is 13.7. The summed E-state index contributed by atoms with van der Waals surface area (Å²) in [6.07, 6.45) is 7.46. The van der Waals surface area contributed by atoms with Crippen LogP contribution in [0.5, 0.6) is 0 Å². The van der Waals surface area contributed by atoms with Crippen molar-refractivity contribution in [1.29, 1.82) is 0 Å². The Balaban J connectivity index is 1.72. The van der Waals surface area contributed by atoms with Crippen LogP contribution in [-0.2, 0) is 12.8 Å². The molecule has 2 aromatic heterocycles. The van der Waals surface area contributed by atoms with E-state index in [4.69, 9.17) is 0 Å². The number of carbonyl (C=O) groups excluding carboxylic acids is 1. The van der Waals surface area contributed by atoms with Gasteiger partial charge in [0.2, 0.25) is 0 Å². The van der Waals surface area contributed by atoms with Crippen LogP contribution in [0.25, 0.3) is 5.00 Å². The van der Waals surface area contributed by atoms with E-state index in [-0.39, 0.29) is 5.91 Å². The first-order valence-electron chi connectivity index (χ1n) is 8.00. The Labute approximate surface area is 135 Å². The zero-order chi connectivity index (χ0) is 15.1. The lowest BCUT2D eigenvalue weighted by atomic mass is 10.1. The van der Waals surface area contributed by atoms with Crippen LogP contribution in [-0.4, -0.2) is 53.5 Å². The molecule has 4 rings (SSSR count). The number of nitrogens with zero attached hydrogens (tertiary/aromatic N) is 3. The normalized spacial score (nSPS) is 18.7. The molecule has 5 heteroatoms. The fraction of sp³-hybridized carbons (Fsp3) is 0.471. The molecular formula is C17H21N3OS. The number of rotatable bonds is 2. The molecule has 4 nitrogen and oxygen atoms in total. The number of amides is 1. The number of aromatic nitrogens is 1. The Morgan fingerprint density at radius 1 is 1.09 bits per heavy atom. The van der Waals surface area contributed by atoms with E-state index in [9.17, 15) is 4.79 Å². The van der Waals surface area contributed by atoms with Gasteiger partial charge in [-0.15, -0.1) is 11.3 Å². The average molecular weight is 315 g/mol. The quantitative estimate of drug-likeness (QED) is 0.851. The highest BCUT2D eigenvalue weighted by atomic mass is 32.1. The Hall–Kier alpha value is -1.59. The molecule has 1 amide bonds. The fourth-order valence-electron chi connectivity index (χ4n) is 3.43. The standard InChI is InChI=1S/C17H21N3OS/c1-18-9-11-19(12-10-18)16(21)15-13-5-4-6-14(13)22-17(15)20-7-2-3-8-20/h2-3,7-8H,4-6,9-12H2,1H3. The van der Waals surface area contributed by atoms with Gasteiger partial charge in [0.1, 0.15) is 5.00 Å². The van der Waals surface area contributed by atoms with Crippen molar-refractivity contribution in [1.82, 2.24) is 14.4 Å². The van der Waals surface area contributed by atoms with Crippen molar-refractivity contribution in [2.45, 2.75) is 19.3 Å². The molecule has 22 heavy (non-hydrogen) atoms. The first-order valence-corrected chi connectivity index (χ1v) is 8.81. The van der Waals surface area contributed by atoms with Crippen molar-refractivity contribution >= 4 is 17.2 Å². The summed E-state index contributed by atoms with van der Waals surface area (Å²) in [6, 6.07) is 4.05. The van der Waals surface area contributed by atoms with E-state index >= 15 is 0 Å². The summed E-state index contributed by atoms with van der Waals surface area (Å²) in [6.45, 7) is 3.62. The van der Waals surface area contributed by atoms with E-state index in [1.807, 2.05) is 29.4 Å². The molecule has 3 heterocycles. The molecule has 1 saturated heterocycles. The highest BCUT2D eigenvalue weighted by Gasteiger charge is 2.30. The minimum Gasteiger partial charge on any atom is -0.336 e. The lowest BCUT2D eigenvalue weighted by molar-refractivity contribution is 0.0663. The van der Waals surface area contributed by atoms with Crippen LogP contribution in [0, 0.1) is 0 Å². The molecule has 0 bridgehead atoms. The van der Waals surface area contributed by atoms with Gasteiger partial charge in [-0.25, -0.2) is 0 Å². The van der Waals surface area contributed by atoms with Gasteiger partial charge in [0.15, 0.2) is 0 Å². The topological polar surface area (TPSA) is 28.5 Å². The molecule has 2 aromatic rings. The average Bonchev–Trinajstić information content (AvgIpc) is 3.23. The second-order valence-electron chi connectivity index (χ2n) is 6.22. The molecule has 2 aliphatic rings. The Bertz CT molecular complexity index is 681. The maximum absolute atomic E-state index is 13.1. The van der Waals surface area contributed by atoms with Gasteiger partial charge in [-0.2, -0.15) is 0 Å². The molecule has 0 unspecified atom stereocenters. The summed E-state index contributed by atoms with van der Waals surface area (Å²) in [4.78, 5) is 18.9. The van der Waals surface area contributed by atoms with Gasteiger partial charge in [0.25, 0.3) is 5.91 Å². The van der Waals surface area contributed by atoms with Gasteiger partial charge >= 0.3 is 0 Å². The lowest BCUT2D eigenvalue weighted by Gasteiger charge is -2.32. The van der Waals surface area contributed by atoms with Crippen LogP contribution >= 0.6 is 11.3 Å². The zero-order valence-electron chi connectivity index (χ0n) is 12.9. The van der Waals surface area contributed by atoms with Gasteiger partial charge in [0, 0.05) is 43.4 Å². The smallest absolute Gasteiger partial charge is 0.257 e. The number of aryl methyl sites for hydroxylation is 1. The van der Waals surface area contributed by atoms with E-state index in [1.165, 1.54) is 16.9 Å². The maximum Gasteiger partial charge on any atom is 0.257 e. The summed E-state index contributed by atoms with van der Waals surface area (Å²) >= 11 is 1.80. The van der Waals surface area contributed by atoms with E-state index in [0.29, 0.717) is 0 Å². The molecule has 0 spiro atoms. The van der Waals surface area contributed by atoms with E-state index < -0.39 is 0 Å². The first kappa shape index (κ1) is 14.0. The van der Waals surface area contributed by atoms with Gasteiger partial charge in [0.05, 0.1) is 5.56 Å². The van der Waals surface area contributed by atoms with Gasteiger partial charge in [-0.3, -0.25) is 4.79 Å². The number of likely N-dealkylation sites (N-methyl/N-ethyl adjacent to an activating group) is 1. The Morgan fingerprint density at radius 3 is 2.55 bits per heavy atom. The summed E-state index contributed by atoms with van der Waals surface area (Å²) in [5.74, 6) is 0.233. The predicted octanol–water partition coefficient (Wildman–Crippen LogP) is 2.42. The number of hydrogen-bond donors (Lipinski definition) is 0. The van der Waals surface area contributed by atoms with Crippen LogP contribution < -0.4 is 0 Å². The summed E-state index contributed by atoms with van der Waals surface area (Å²) < 4.78 is 2.10. The number of hydrogen-bond acceptors (Lipinski definition) is 3. The lowest BCUT2D eigenvalue weighted by Crippen LogP contribution is -2.47. The second kappa shape index (κ2) is 5.56. The minimum absolute atomic E-state index is 0.233. The molecule has 0 atom stereocenters. The molecule has 0 N–H and O–H groups in total. The van der Waals surface area contributed by atoms with Crippen molar-refractivity contribution in [2.24, 2.45) is 0 Å². The fourth-order valence-corrected chi connectivity index (χ4v) is 4.78. The van der Waals surface area contributed by atoms with Gasteiger partial charge in [-0.1, -0.05) is 0 Å². The SMILES string of the molecule is CN1CCN(C(=O)c2c(-n3cccc3)sc3c2CCC3)CC1. The largest absolute Gasteiger partial charge is 0.336 e. The number of piperazine rings is 1. The highest BCUT2D eigenvalue weighted by Crippen LogP contribution is 2.38. The van der Waals surface area contributed by atoms with Crippen LogP contribution in [0.2, 0.25) is 0 Å². The summed E-state index contributed by atoms with van der Waals surface area (Å²) in [5.41, 5.74) is 2.29. The molecule has 1 fully saturated rings. The Kier molecular flexibility index (Phi) is 3.54. The minimum atomic E-state index is 0.233. The summed E-state index contributed by atoms with van der Waals surface area (Å²) in [5, 5.41) is 1.11. The predicted molar refractivity (Wildman–Crippen MR) is 89.1 cm³/mol. The highest BCUT2D eigenvalue weighted by molar-refractivity contribution is 7.15. The van der Waals surface area contributed by atoms with E-state index in [1.54, 1.807) is 11.3 Å². The van der Waals surface area contributed by atoms with Crippen LogP contribution in [0.4, 0.5) is 0 Å². The molecule has 0 saturated carbocycles. The monoisotopic (exact) mass is 315 g/mol. The summed E-state index contributed by atoms with van der Waals surface area (Å²) in [7, 11) is 2.12. The van der Waals surface area contributed by atoms with Crippen LogP contribution in [0.15, 0.2) is 24.5 Å². The second-order valence-corrected chi connectivity index (χ2v) is 7.31. The molecular weight excluding hydrogens is 294 g/mol. The maximum atomic E-state index is 13.1. The van der Waals surface area contributed by atoms with Crippen molar-refractivity contribution in [3.63, 3.8) is 0 Å². The third kappa shape index (κ3) is 2.29. The third-order valence-electron chi connectivity index (χ3n) is 4.75. The van der Waals surface area contributed by atoms with Gasteiger partial charge < -0.3 is 14.4 Å². The number of fused-ring (bicyclic) bond motifs is 1. The molecule has 1 aliphatic carbocycles. The molecule has 1 aliphatic heterocycles. The van der Waals surface area contributed by atoms with Crippen molar-refractivity contribution in [3.8, 4) is 5.00 Å². The van der Waals surface area contributed by atoms with Crippen molar-refractivity contribution < 1.29 is 4.79 Å². The molecule has 0 aromatic carbocycles. The first-order chi connectivity index (χ1) is 10.7. The number of thiophene rings is 1. The molecule has 116 valence electrons. The molecule has 0 radical (unpaired) electrons. The van der Waals surface area contributed by atoms with Crippen molar-refractivity contribution in [2.75, 3.05) is 33.2 Å². The van der Waals surface area contributed by atoms with Crippen LogP contribution in [0.3, 0.4) is 0 Å². The van der Waals surface area contributed by atoms with Gasteiger partial charge in [-0.05, 0) is 44.0 Å². The van der Waals surface area contributed by atoms with E-state index in [0.717, 1.165) is 49.6 Å². The van der Waals surface area contributed by atoms with Crippen LogP contribution in [0.1, 0.15) is 27.2 Å². The Morgan fingerprint density at radius 2 is 1.82 bits per heavy atom. The third-order valence-corrected chi connectivity index (χ3v) is 6.05.